The highest BCUT2D eigenvalue weighted by Gasteiger charge is 2.17. The number of carbonyl (C=O) groups excluding carboxylic acids is 2. The smallest absolute Gasteiger partial charge is 0.409 e. The van der Waals surface area contributed by atoms with Gasteiger partial charge in [-0.3, -0.25) is 0 Å². The van der Waals surface area contributed by atoms with Gasteiger partial charge in [0.05, 0.1) is 0 Å². The summed E-state index contributed by atoms with van der Waals surface area (Å²) in [6.45, 7) is 1.87. The van der Waals surface area contributed by atoms with Crippen LogP contribution in [-0.4, -0.2) is 12.1 Å². The summed E-state index contributed by atoms with van der Waals surface area (Å²) in [6.07, 6.45) is -1.03. The van der Waals surface area contributed by atoms with Gasteiger partial charge in [-0.05, 0) is 42.8 Å². The maximum Gasteiger partial charge on any atom is 0.409 e. The van der Waals surface area contributed by atoms with Crippen molar-refractivity contribution in [3.8, 4) is 11.5 Å². The van der Waals surface area contributed by atoms with Gasteiger partial charge in [0.15, 0.2) is 0 Å². The SMILES string of the molecule is Cc1cccc(OC(=O)c2cc(Cl)ccc2OC(N)=O)c1. The van der Waals surface area contributed by atoms with E-state index in [0.29, 0.717) is 10.8 Å². The number of carbonyl (C=O) groups is 2. The van der Waals surface area contributed by atoms with Crippen molar-refractivity contribution in [2.75, 3.05) is 0 Å². The highest BCUT2D eigenvalue weighted by atomic mass is 35.5. The molecule has 0 atom stereocenters. The van der Waals surface area contributed by atoms with E-state index in [4.69, 9.17) is 26.8 Å². The minimum absolute atomic E-state index is 0.00967. The second-order valence-electron chi connectivity index (χ2n) is 4.27. The predicted molar refractivity (Wildman–Crippen MR) is 77.8 cm³/mol. The van der Waals surface area contributed by atoms with Gasteiger partial charge in [-0.25, -0.2) is 9.59 Å². The summed E-state index contributed by atoms with van der Waals surface area (Å²) in [6, 6.07) is 11.2. The first kappa shape index (κ1) is 14.9. The highest BCUT2D eigenvalue weighted by Crippen LogP contribution is 2.25. The van der Waals surface area contributed by atoms with Gasteiger partial charge in [0.25, 0.3) is 0 Å². The van der Waals surface area contributed by atoms with Gasteiger partial charge >= 0.3 is 12.1 Å². The van der Waals surface area contributed by atoms with Crippen LogP contribution < -0.4 is 15.2 Å². The molecule has 0 aliphatic rings. The Hall–Kier alpha value is -2.53. The zero-order valence-electron chi connectivity index (χ0n) is 11.1. The van der Waals surface area contributed by atoms with Crippen LogP contribution in [0.4, 0.5) is 4.79 Å². The summed E-state index contributed by atoms with van der Waals surface area (Å²) in [5.41, 5.74) is 5.92. The maximum atomic E-state index is 12.2. The third-order valence-corrected chi connectivity index (χ3v) is 2.81. The number of hydrogen-bond acceptors (Lipinski definition) is 4. The van der Waals surface area contributed by atoms with Gasteiger partial charge in [-0.15, -0.1) is 0 Å². The van der Waals surface area contributed by atoms with Crippen LogP contribution in [0, 0.1) is 6.92 Å². The van der Waals surface area contributed by atoms with Gasteiger partial charge in [-0.1, -0.05) is 23.7 Å². The van der Waals surface area contributed by atoms with E-state index < -0.39 is 12.1 Å². The van der Waals surface area contributed by atoms with E-state index in [-0.39, 0.29) is 11.3 Å². The third kappa shape index (κ3) is 3.97. The van der Waals surface area contributed by atoms with Crippen molar-refractivity contribution >= 4 is 23.7 Å². The molecule has 1 amide bonds. The molecule has 0 saturated carbocycles. The number of benzene rings is 2. The fourth-order valence-corrected chi connectivity index (χ4v) is 1.87. The first-order valence-electron chi connectivity index (χ1n) is 6.01. The Labute approximate surface area is 126 Å². The van der Waals surface area contributed by atoms with Crippen molar-refractivity contribution in [3.63, 3.8) is 0 Å². The fraction of sp³-hybridized carbons (Fsp3) is 0.0667. The highest BCUT2D eigenvalue weighted by molar-refractivity contribution is 6.31. The van der Waals surface area contributed by atoms with Gasteiger partial charge in [0.2, 0.25) is 0 Å². The van der Waals surface area contributed by atoms with E-state index in [1.54, 1.807) is 18.2 Å². The molecule has 0 fully saturated rings. The molecule has 0 saturated heterocycles. The molecule has 5 nitrogen and oxygen atoms in total. The van der Waals surface area contributed by atoms with Crippen LogP contribution in [0.25, 0.3) is 0 Å². The number of amides is 1. The summed E-state index contributed by atoms with van der Waals surface area (Å²) in [5, 5.41) is 0.308. The van der Waals surface area contributed by atoms with Crippen LogP contribution in [0.2, 0.25) is 5.02 Å². The van der Waals surface area contributed by atoms with Gasteiger partial charge in [0.1, 0.15) is 17.1 Å². The predicted octanol–water partition coefficient (Wildman–Crippen LogP) is 3.33. The topological polar surface area (TPSA) is 78.6 Å². The molecule has 21 heavy (non-hydrogen) atoms. The van der Waals surface area contributed by atoms with Crippen molar-refractivity contribution in [1.29, 1.82) is 0 Å². The van der Waals surface area contributed by atoms with E-state index in [1.165, 1.54) is 18.2 Å². The summed E-state index contributed by atoms with van der Waals surface area (Å²) < 4.78 is 9.99. The molecule has 2 aromatic carbocycles. The lowest BCUT2D eigenvalue weighted by atomic mass is 10.2. The minimum atomic E-state index is -1.03. The van der Waals surface area contributed by atoms with Gasteiger partial charge < -0.3 is 15.2 Å². The molecule has 0 aliphatic heterocycles. The zero-order chi connectivity index (χ0) is 15.4. The molecule has 0 aromatic heterocycles. The average molecular weight is 306 g/mol. The van der Waals surface area contributed by atoms with Crippen LogP contribution in [0.1, 0.15) is 15.9 Å². The van der Waals surface area contributed by atoms with Crippen LogP contribution in [0.15, 0.2) is 42.5 Å². The third-order valence-electron chi connectivity index (χ3n) is 2.57. The normalized spacial score (nSPS) is 10.0. The Bertz CT molecular complexity index is 700. The van der Waals surface area contributed by atoms with Crippen molar-refractivity contribution in [1.82, 2.24) is 0 Å². The zero-order valence-corrected chi connectivity index (χ0v) is 11.9. The van der Waals surface area contributed by atoms with Crippen molar-refractivity contribution < 1.29 is 19.1 Å². The molecular formula is C15H12ClNO4. The molecule has 2 N–H and O–H groups in total. The van der Waals surface area contributed by atoms with Crippen LogP contribution in [0.3, 0.4) is 0 Å². The number of rotatable bonds is 3. The van der Waals surface area contributed by atoms with Gasteiger partial charge in [0, 0.05) is 5.02 Å². The molecule has 0 spiro atoms. The molecule has 108 valence electrons. The van der Waals surface area contributed by atoms with E-state index in [1.807, 2.05) is 13.0 Å². The molecule has 2 rings (SSSR count). The number of hydrogen-bond donors (Lipinski definition) is 1. The first-order chi connectivity index (χ1) is 9.95. The number of esters is 1. The molecule has 0 bridgehead atoms. The lowest BCUT2D eigenvalue weighted by Gasteiger charge is -2.09. The number of ether oxygens (including phenoxy) is 2. The van der Waals surface area contributed by atoms with E-state index in [0.717, 1.165) is 5.56 Å². The van der Waals surface area contributed by atoms with Crippen molar-refractivity contribution in [2.24, 2.45) is 5.73 Å². The first-order valence-corrected chi connectivity index (χ1v) is 6.39. The Balaban J connectivity index is 2.29. The van der Waals surface area contributed by atoms with Crippen molar-refractivity contribution in [2.45, 2.75) is 6.92 Å². The van der Waals surface area contributed by atoms with Gasteiger partial charge in [-0.2, -0.15) is 0 Å². The molecule has 0 heterocycles. The van der Waals surface area contributed by atoms with Crippen LogP contribution >= 0.6 is 11.6 Å². The second-order valence-corrected chi connectivity index (χ2v) is 4.70. The van der Waals surface area contributed by atoms with Crippen LogP contribution in [0.5, 0.6) is 11.5 Å². The molecule has 0 unspecified atom stereocenters. The Kier molecular flexibility index (Phi) is 4.45. The molecule has 6 heteroatoms. The summed E-state index contributed by atoms with van der Waals surface area (Å²) in [4.78, 5) is 23.0. The Morgan fingerprint density at radius 1 is 1.10 bits per heavy atom. The molecular weight excluding hydrogens is 294 g/mol. The minimum Gasteiger partial charge on any atom is -0.423 e. The van der Waals surface area contributed by atoms with Crippen molar-refractivity contribution in [3.05, 3.63) is 58.6 Å². The monoisotopic (exact) mass is 305 g/mol. The molecule has 0 radical (unpaired) electrons. The van der Waals surface area contributed by atoms with E-state index in [2.05, 4.69) is 0 Å². The van der Waals surface area contributed by atoms with E-state index >= 15 is 0 Å². The molecule has 2 aromatic rings. The Morgan fingerprint density at radius 2 is 1.86 bits per heavy atom. The summed E-state index contributed by atoms with van der Waals surface area (Å²) >= 11 is 5.85. The van der Waals surface area contributed by atoms with E-state index in [9.17, 15) is 9.59 Å². The lowest BCUT2D eigenvalue weighted by molar-refractivity contribution is 0.0732. The summed E-state index contributed by atoms with van der Waals surface area (Å²) in [5.74, 6) is -0.325. The second kappa shape index (κ2) is 6.28. The number of nitrogens with two attached hydrogens (primary N) is 1. The van der Waals surface area contributed by atoms with Crippen LogP contribution in [-0.2, 0) is 0 Å². The maximum absolute atomic E-state index is 12.2. The number of aryl methyl sites for hydroxylation is 1. The standard InChI is InChI=1S/C15H12ClNO4/c1-9-3-2-4-11(7-9)20-14(18)12-8-10(16)5-6-13(12)21-15(17)19/h2-8H,1H3,(H2,17,19). The number of primary amides is 1. The number of halogens is 1. The molecule has 0 aliphatic carbocycles. The lowest BCUT2D eigenvalue weighted by Crippen LogP contribution is -2.19. The fourth-order valence-electron chi connectivity index (χ4n) is 1.70. The largest absolute Gasteiger partial charge is 0.423 e. The Morgan fingerprint density at radius 3 is 2.52 bits per heavy atom. The summed E-state index contributed by atoms with van der Waals surface area (Å²) in [7, 11) is 0. The quantitative estimate of drug-likeness (QED) is 0.697. The average Bonchev–Trinajstić information content (AvgIpc) is 2.40.